The average Bonchev–Trinajstić information content (AvgIpc) is 2.04. The highest BCUT2D eigenvalue weighted by Gasteiger charge is 2.08. The molecule has 3 heteroatoms. The van der Waals surface area contributed by atoms with Crippen LogP contribution in [-0.4, -0.2) is 20.8 Å². The van der Waals surface area contributed by atoms with E-state index in [4.69, 9.17) is 14.2 Å². The van der Waals surface area contributed by atoms with Gasteiger partial charge in [0.25, 0.3) is 0 Å². The van der Waals surface area contributed by atoms with Crippen molar-refractivity contribution in [3.05, 3.63) is 23.9 Å². The standard InChI is InChI=1S/C7H10O3/c1-8-6-3-4-10-5-7(6)9-2/h3,5H,4H2,1-2H3. The van der Waals surface area contributed by atoms with Gasteiger partial charge in [-0.15, -0.1) is 0 Å². The molecule has 0 aromatic rings. The molecule has 3 nitrogen and oxygen atoms in total. The van der Waals surface area contributed by atoms with E-state index in [1.807, 2.05) is 6.08 Å². The number of hydrogen-bond acceptors (Lipinski definition) is 3. The second-order valence-corrected chi connectivity index (χ2v) is 1.79. The van der Waals surface area contributed by atoms with E-state index in [-0.39, 0.29) is 0 Å². The molecule has 1 heterocycles. The van der Waals surface area contributed by atoms with Crippen LogP contribution in [0.5, 0.6) is 0 Å². The van der Waals surface area contributed by atoms with Gasteiger partial charge in [-0.3, -0.25) is 0 Å². The first-order valence-electron chi connectivity index (χ1n) is 2.98. The summed E-state index contributed by atoms with van der Waals surface area (Å²) in [4.78, 5) is 0. The van der Waals surface area contributed by atoms with Gasteiger partial charge < -0.3 is 14.2 Å². The molecule has 0 fully saturated rings. The van der Waals surface area contributed by atoms with Crippen molar-refractivity contribution in [2.45, 2.75) is 0 Å². The molecular formula is C7H10O3. The van der Waals surface area contributed by atoms with E-state index in [2.05, 4.69) is 0 Å². The third-order valence-corrected chi connectivity index (χ3v) is 1.24. The number of ether oxygens (including phenoxy) is 3. The molecular weight excluding hydrogens is 132 g/mol. The van der Waals surface area contributed by atoms with Gasteiger partial charge in [-0.25, -0.2) is 0 Å². The summed E-state index contributed by atoms with van der Waals surface area (Å²) < 4.78 is 14.9. The van der Waals surface area contributed by atoms with Crippen molar-refractivity contribution in [1.82, 2.24) is 0 Å². The second kappa shape index (κ2) is 3.15. The molecule has 1 rings (SSSR count). The minimum Gasteiger partial charge on any atom is -0.493 e. The number of rotatable bonds is 2. The minimum atomic E-state index is 0.552. The Labute approximate surface area is 59.9 Å². The molecule has 1 aliphatic rings. The van der Waals surface area contributed by atoms with Gasteiger partial charge >= 0.3 is 0 Å². The van der Waals surface area contributed by atoms with Gasteiger partial charge in [-0.2, -0.15) is 0 Å². The lowest BCUT2D eigenvalue weighted by Gasteiger charge is -2.13. The Bertz CT molecular complexity index is 150. The van der Waals surface area contributed by atoms with E-state index in [0.717, 1.165) is 5.76 Å². The molecule has 0 spiro atoms. The molecule has 0 amide bonds. The van der Waals surface area contributed by atoms with Crippen molar-refractivity contribution >= 4 is 0 Å². The maximum absolute atomic E-state index is 4.98. The first-order chi connectivity index (χ1) is 4.88. The van der Waals surface area contributed by atoms with E-state index < -0.39 is 0 Å². The monoisotopic (exact) mass is 142 g/mol. The van der Waals surface area contributed by atoms with Gasteiger partial charge in [-0.05, 0) is 6.08 Å². The maximum atomic E-state index is 4.98. The van der Waals surface area contributed by atoms with Gasteiger partial charge in [0.05, 0.1) is 14.2 Å². The fourth-order valence-corrected chi connectivity index (χ4v) is 0.739. The average molecular weight is 142 g/mol. The summed E-state index contributed by atoms with van der Waals surface area (Å²) in [6.07, 6.45) is 3.36. The van der Waals surface area contributed by atoms with Gasteiger partial charge in [0, 0.05) is 0 Å². The third kappa shape index (κ3) is 1.23. The highest BCUT2D eigenvalue weighted by Crippen LogP contribution is 2.14. The van der Waals surface area contributed by atoms with E-state index in [1.54, 1.807) is 20.5 Å². The Hall–Kier alpha value is -1.12. The summed E-state index contributed by atoms with van der Waals surface area (Å²) in [7, 11) is 3.18. The van der Waals surface area contributed by atoms with Crippen LogP contribution >= 0.6 is 0 Å². The zero-order valence-electron chi connectivity index (χ0n) is 6.09. The second-order valence-electron chi connectivity index (χ2n) is 1.79. The molecule has 0 radical (unpaired) electrons. The Balaban J connectivity index is 2.67. The lowest BCUT2D eigenvalue weighted by Crippen LogP contribution is -2.03. The summed E-state index contributed by atoms with van der Waals surface area (Å²) in [5.74, 6) is 1.36. The fourth-order valence-electron chi connectivity index (χ4n) is 0.739. The zero-order chi connectivity index (χ0) is 7.40. The van der Waals surface area contributed by atoms with Crippen LogP contribution in [0.1, 0.15) is 0 Å². The van der Waals surface area contributed by atoms with Crippen molar-refractivity contribution in [2.75, 3.05) is 20.8 Å². The Kier molecular flexibility index (Phi) is 2.20. The number of methoxy groups -OCH3 is 2. The van der Waals surface area contributed by atoms with Crippen LogP contribution in [0.3, 0.4) is 0 Å². The van der Waals surface area contributed by atoms with Crippen molar-refractivity contribution in [1.29, 1.82) is 0 Å². The molecule has 10 heavy (non-hydrogen) atoms. The summed E-state index contributed by atoms with van der Waals surface area (Å²) in [6, 6.07) is 0. The first-order valence-corrected chi connectivity index (χ1v) is 2.98. The van der Waals surface area contributed by atoms with Crippen LogP contribution in [-0.2, 0) is 14.2 Å². The first kappa shape index (κ1) is 6.99. The summed E-state index contributed by atoms with van der Waals surface area (Å²) in [5, 5.41) is 0. The van der Waals surface area contributed by atoms with Crippen LogP contribution < -0.4 is 0 Å². The molecule has 0 saturated heterocycles. The molecule has 56 valence electrons. The van der Waals surface area contributed by atoms with E-state index in [1.165, 1.54) is 0 Å². The predicted molar refractivity (Wildman–Crippen MR) is 36.1 cm³/mol. The van der Waals surface area contributed by atoms with Crippen molar-refractivity contribution < 1.29 is 14.2 Å². The van der Waals surface area contributed by atoms with Gasteiger partial charge in [0.2, 0.25) is 0 Å². The largest absolute Gasteiger partial charge is 0.493 e. The van der Waals surface area contributed by atoms with Crippen molar-refractivity contribution in [3.8, 4) is 0 Å². The molecule has 0 aliphatic carbocycles. The predicted octanol–water partition coefficient (Wildman–Crippen LogP) is 1.03. The van der Waals surface area contributed by atoms with Crippen LogP contribution in [0.4, 0.5) is 0 Å². The Morgan fingerprint density at radius 3 is 2.50 bits per heavy atom. The van der Waals surface area contributed by atoms with Gasteiger partial charge in [0.15, 0.2) is 11.5 Å². The topological polar surface area (TPSA) is 27.7 Å². The molecule has 0 aromatic heterocycles. The smallest absolute Gasteiger partial charge is 0.195 e. The zero-order valence-corrected chi connectivity index (χ0v) is 6.09. The highest BCUT2D eigenvalue weighted by molar-refractivity contribution is 5.20. The molecule has 0 aromatic carbocycles. The fraction of sp³-hybridized carbons (Fsp3) is 0.429. The lowest BCUT2D eigenvalue weighted by molar-refractivity contribution is 0.174. The summed E-state index contributed by atoms with van der Waals surface area (Å²) in [5.41, 5.74) is 0. The van der Waals surface area contributed by atoms with Crippen LogP contribution in [0.25, 0.3) is 0 Å². The van der Waals surface area contributed by atoms with Crippen molar-refractivity contribution in [3.63, 3.8) is 0 Å². The highest BCUT2D eigenvalue weighted by atomic mass is 16.5. The maximum Gasteiger partial charge on any atom is 0.195 e. The molecule has 0 saturated carbocycles. The molecule has 0 N–H and O–H groups in total. The number of hydrogen-bond donors (Lipinski definition) is 0. The van der Waals surface area contributed by atoms with Crippen LogP contribution in [0, 0.1) is 0 Å². The van der Waals surface area contributed by atoms with Gasteiger partial charge in [0.1, 0.15) is 12.9 Å². The Morgan fingerprint density at radius 2 is 2.00 bits per heavy atom. The Morgan fingerprint density at radius 1 is 1.30 bits per heavy atom. The normalized spacial score (nSPS) is 16.6. The quantitative estimate of drug-likeness (QED) is 0.576. The SMILES string of the molecule is COC1=CCOC=C1OC. The summed E-state index contributed by atoms with van der Waals surface area (Å²) in [6.45, 7) is 0.552. The minimum absolute atomic E-state index is 0.552. The van der Waals surface area contributed by atoms with Crippen LogP contribution in [0.2, 0.25) is 0 Å². The molecule has 0 atom stereocenters. The van der Waals surface area contributed by atoms with E-state index in [9.17, 15) is 0 Å². The molecule has 0 unspecified atom stereocenters. The molecule has 0 bridgehead atoms. The van der Waals surface area contributed by atoms with E-state index >= 15 is 0 Å². The molecule has 1 aliphatic heterocycles. The van der Waals surface area contributed by atoms with Crippen LogP contribution in [0.15, 0.2) is 23.9 Å². The lowest BCUT2D eigenvalue weighted by atomic mass is 10.3. The van der Waals surface area contributed by atoms with Crippen molar-refractivity contribution in [2.24, 2.45) is 0 Å². The van der Waals surface area contributed by atoms with E-state index in [0.29, 0.717) is 12.4 Å². The van der Waals surface area contributed by atoms with Gasteiger partial charge in [-0.1, -0.05) is 0 Å². The third-order valence-electron chi connectivity index (χ3n) is 1.24. The summed E-state index contributed by atoms with van der Waals surface area (Å²) >= 11 is 0.